The lowest BCUT2D eigenvalue weighted by Gasteiger charge is -2.22. The van der Waals surface area contributed by atoms with Crippen LogP contribution in [0, 0.1) is 5.92 Å². The lowest BCUT2D eigenvalue weighted by atomic mass is 10.0. The second-order valence-electron chi connectivity index (χ2n) is 4.27. The maximum atomic E-state index is 12.3. The van der Waals surface area contributed by atoms with Crippen LogP contribution < -0.4 is 5.73 Å². The van der Waals surface area contributed by atoms with E-state index in [0.717, 1.165) is 11.3 Å². The molecule has 19 heavy (non-hydrogen) atoms. The van der Waals surface area contributed by atoms with E-state index in [0.29, 0.717) is 17.3 Å². The van der Waals surface area contributed by atoms with E-state index in [9.17, 15) is 4.79 Å². The minimum Gasteiger partial charge on any atom is -0.409 e. The van der Waals surface area contributed by atoms with Crippen LogP contribution in [0.3, 0.4) is 0 Å². The molecule has 7 heteroatoms. The number of rotatable bonds is 6. The Hall–Kier alpha value is -1.27. The van der Waals surface area contributed by atoms with Gasteiger partial charge >= 0.3 is 0 Å². The van der Waals surface area contributed by atoms with Crippen LogP contribution in [0.5, 0.6) is 0 Å². The molecule has 0 aliphatic carbocycles. The smallest absolute Gasteiger partial charge is 0.233 e. The van der Waals surface area contributed by atoms with Crippen LogP contribution in [0.2, 0.25) is 4.34 Å². The van der Waals surface area contributed by atoms with Crippen LogP contribution in [0.15, 0.2) is 17.3 Å². The Labute approximate surface area is 121 Å². The normalized spacial score (nSPS) is 13.3. The third-order valence-corrected chi connectivity index (χ3v) is 3.96. The first-order valence-corrected chi connectivity index (χ1v) is 7.15. The Morgan fingerprint density at radius 2 is 2.32 bits per heavy atom. The fourth-order valence-electron chi connectivity index (χ4n) is 1.77. The molecule has 0 aromatic carbocycles. The number of amides is 1. The SMILES string of the molecule is CCCC(C(=O)N(C)Cc1ccc(Cl)s1)C(N)=NO. The van der Waals surface area contributed by atoms with Gasteiger partial charge in [0, 0.05) is 11.9 Å². The van der Waals surface area contributed by atoms with Crippen LogP contribution >= 0.6 is 22.9 Å². The first-order valence-electron chi connectivity index (χ1n) is 5.96. The fraction of sp³-hybridized carbons (Fsp3) is 0.500. The predicted molar refractivity (Wildman–Crippen MR) is 77.6 cm³/mol. The molecule has 5 nitrogen and oxygen atoms in total. The molecule has 1 atom stereocenters. The molecule has 3 N–H and O–H groups in total. The van der Waals surface area contributed by atoms with Crippen molar-refractivity contribution in [1.82, 2.24) is 4.90 Å². The lowest BCUT2D eigenvalue weighted by molar-refractivity contribution is -0.132. The minimum absolute atomic E-state index is 0.0390. The zero-order valence-corrected chi connectivity index (χ0v) is 12.5. The quantitative estimate of drug-likeness (QED) is 0.367. The highest BCUT2D eigenvalue weighted by atomic mass is 35.5. The number of nitrogens with zero attached hydrogens (tertiary/aromatic N) is 2. The number of amidine groups is 1. The van der Waals surface area contributed by atoms with E-state index in [-0.39, 0.29) is 11.7 Å². The van der Waals surface area contributed by atoms with E-state index in [1.54, 1.807) is 18.0 Å². The van der Waals surface area contributed by atoms with Gasteiger partial charge in [-0.3, -0.25) is 4.79 Å². The van der Waals surface area contributed by atoms with Gasteiger partial charge in [-0.15, -0.1) is 11.3 Å². The van der Waals surface area contributed by atoms with E-state index >= 15 is 0 Å². The van der Waals surface area contributed by atoms with Crippen molar-refractivity contribution in [3.63, 3.8) is 0 Å². The number of carbonyl (C=O) groups is 1. The summed E-state index contributed by atoms with van der Waals surface area (Å²) in [6, 6.07) is 3.68. The Bertz CT molecular complexity index is 462. The summed E-state index contributed by atoms with van der Waals surface area (Å²) in [6.07, 6.45) is 1.34. The van der Waals surface area contributed by atoms with Gasteiger partial charge in [0.2, 0.25) is 5.91 Å². The summed E-state index contributed by atoms with van der Waals surface area (Å²) in [5, 5.41) is 11.7. The van der Waals surface area contributed by atoms with E-state index in [1.165, 1.54) is 11.3 Å². The van der Waals surface area contributed by atoms with Crippen LogP contribution in [0.4, 0.5) is 0 Å². The number of thiophene rings is 1. The molecule has 0 aliphatic heterocycles. The summed E-state index contributed by atoms with van der Waals surface area (Å²) in [7, 11) is 1.70. The number of nitrogens with two attached hydrogens (primary N) is 1. The number of hydrogen-bond donors (Lipinski definition) is 2. The molecule has 106 valence electrons. The van der Waals surface area contributed by atoms with Crippen LogP contribution in [-0.2, 0) is 11.3 Å². The maximum Gasteiger partial charge on any atom is 0.233 e. The van der Waals surface area contributed by atoms with Crippen molar-refractivity contribution in [2.24, 2.45) is 16.8 Å². The molecule has 1 aromatic rings. The van der Waals surface area contributed by atoms with Gasteiger partial charge in [-0.25, -0.2) is 0 Å². The summed E-state index contributed by atoms with van der Waals surface area (Å²) >= 11 is 7.28. The zero-order chi connectivity index (χ0) is 14.4. The standard InChI is InChI=1S/C12H18ClN3O2S/c1-3-4-9(11(14)15-18)12(17)16(2)7-8-5-6-10(13)19-8/h5-6,9,18H,3-4,7H2,1-2H3,(H2,14,15). The van der Waals surface area contributed by atoms with Crippen molar-refractivity contribution in [3.8, 4) is 0 Å². The molecule has 0 radical (unpaired) electrons. The van der Waals surface area contributed by atoms with Gasteiger partial charge in [-0.05, 0) is 18.6 Å². The average Bonchev–Trinajstić information content (AvgIpc) is 2.79. The molecule has 1 amide bonds. The highest BCUT2D eigenvalue weighted by Gasteiger charge is 2.25. The molecule has 0 bridgehead atoms. The fourth-order valence-corrected chi connectivity index (χ4v) is 2.91. The average molecular weight is 304 g/mol. The first-order chi connectivity index (χ1) is 8.99. The zero-order valence-electron chi connectivity index (χ0n) is 11.0. The molecule has 0 saturated heterocycles. The van der Waals surface area contributed by atoms with Crippen molar-refractivity contribution in [1.29, 1.82) is 0 Å². The van der Waals surface area contributed by atoms with Crippen LogP contribution in [0.25, 0.3) is 0 Å². The molecular weight excluding hydrogens is 286 g/mol. The first kappa shape index (κ1) is 15.8. The maximum absolute atomic E-state index is 12.3. The Morgan fingerprint density at radius 1 is 1.63 bits per heavy atom. The van der Waals surface area contributed by atoms with Gasteiger partial charge in [-0.2, -0.15) is 0 Å². The number of hydrogen-bond acceptors (Lipinski definition) is 4. The third kappa shape index (κ3) is 4.40. The van der Waals surface area contributed by atoms with Gasteiger partial charge in [0.1, 0.15) is 0 Å². The number of halogens is 1. The lowest BCUT2D eigenvalue weighted by Crippen LogP contribution is -2.39. The van der Waals surface area contributed by atoms with Crippen molar-refractivity contribution in [3.05, 3.63) is 21.3 Å². The van der Waals surface area contributed by atoms with Crippen molar-refractivity contribution < 1.29 is 10.0 Å². The second-order valence-corrected chi connectivity index (χ2v) is 6.07. The van der Waals surface area contributed by atoms with Crippen LogP contribution in [0.1, 0.15) is 24.6 Å². The van der Waals surface area contributed by atoms with Crippen LogP contribution in [-0.4, -0.2) is 28.9 Å². The largest absolute Gasteiger partial charge is 0.409 e. The van der Waals surface area contributed by atoms with Gasteiger partial charge in [0.15, 0.2) is 5.84 Å². The van der Waals surface area contributed by atoms with E-state index in [4.69, 9.17) is 22.5 Å². The van der Waals surface area contributed by atoms with Crippen molar-refractivity contribution in [2.45, 2.75) is 26.3 Å². The minimum atomic E-state index is -0.574. The summed E-state index contributed by atoms with van der Waals surface area (Å²) in [4.78, 5) is 14.8. The van der Waals surface area contributed by atoms with E-state index in [1.807, 2.05) is 13.0 Å². The van der Waals surface area contributed by atoms with Crippen molar-refractivity contribution >= 4 is 34.7 Å². The summed E-state index contributed by atoms with van der Waals surface area (Å²) in [6.45, 7) is 2.42. The van der Waals surface area contributed by atoms with Gasteiger partial charge in [0.05, 0.1) is 16.8 Å². The molecule has 0 fully saturated rings. The molecule has 1 rings (SSSR count). The Balaban J connectivity index is 2.73. The monoisotopic (exact) mass is 303 g/mol. The molecule has 0 aliphatic rings. The summed E-state index contributed by atoms with van der Waals surface area (Å²) in [5.41, 5.74) is 5.57. The highest BCUT2D eigenvalue weighted by molar-refractivity contribution is 7.16. The van der Waals surface area contributed by atoms with E-state index < -0.39 is 5.92 Å². The van der Waals surface area contributed by atoms with Gasteiger partial charge < -0.3 is 15.8 Å². The molecular formula is C12H18ClN3O2S. The van der Waals surface area contributed by atoms with Gasteiger partial charge in [0.25, 0.3) is 0 Å². The molecule has 1 heterocycles. The Kier molecular flexibility index (Phi) is 6.11. The number of oxime groups is 1. The van der Waals surface area contributed by atoms with Crippen molar-refractivity contribution in [2.75, 3.05) is 7.05 Å². The summed E-state index contributed by atoms with van der Waals surface area (Å²) < 4.78 is 0.692. The number of carbonyl (C=O) groups excluding carboxylic acids is 1. The third-order valence-electron chi connectivity index (χ3n) is 2.75. The van der Waals surface area contributed by atoms with Gasteiger partial charge in [-0.1, -0.05) is 30.1 Å². The Morgan fingerprint density at radius 3 is 2.79 bits per heavy atom. The topological polar surface area (TPSA) is 78.9 Å². The highest BCUT2D eigenvalue weighted by Crippen LogP contribution is 2.23. The summed E-state index contributed by atoms with van der Waals surface area (Å²) in [5.74, 6) is -0.764. The predicted octanol–water partition coefficient (Wildman–Crippen LogP) is 2.52. The van der Waals surface area contributed by atoms with E-state index in [2.05, 4.69) is 5.16 Å². The molecule has 0 spiro atoms. The second kappa shape index (κ2) is 7.35. The molecule has 0 saturated carbocycles. The molecule has 1 aromatic heterocycles. The molecule has 1 unspecified atom stereocenters.